The Balaban J connectivity index is 1.75. The number of benzene rings is 3. The first-order chi connectivity index (χ1) is 13.4. The zero-order valence-corrected chi connectivity index (χ0v) is 16.7. The molecule has 0 unspecified atom stereocenters. The van der Waals surface area contributed by atoms with Crippen LogP contribution in [0.4, 0.5) is 11.4 Å². The summed E-state index contributed by atoms with van der Waals surface area (Å²) < 4.78 is 27.3. The highest BCUT2D eigenvalue weighted by atomic mass is 35.5. The zero-order valence-electron chi connectivity index (χ0n) is 15.1. The average molecular weight is 415 g/mol. The summed E-state index contributed by atoms with van der Waals surface area (Å²) in [7, 11) is -3.76. The molecule has 0 saturated carbocycles. The van der Waals surface area contributed by atoms with Crippen molar-refractivity contribution >= 4 is 38.9 Å². The van der Waals surface area contributed by atoms with Gasteiger partial charge in [0.05, 0.1) is 15.6 Å². The molecule has 3 aromatic rings. The van der Waals surface area contributed by atoms with E-state index in [0.29, 0.717) is 11.3 Å². The third-order valence-corrected chi connectivity index (χ3v) is 5.84. The van der Waals surface area contributed by atoms with Gasteiger partial charge in [0.15, 0.2) is 0 Å². The molecule has 3 aromatic carbocycles. The number of aryl methyl sites for hydroxylation is 1. The lowest BCUT2D eigenvalue weighted by Gasteiger charge is -2.11. The van der Waals surface area contributed by atoms with Crippen molar-refractivity contribution in [3.05, 3.63) is 88.9 Å². The molecule has 0 heterocycles. The van der Waals surface area contributed by atoms with Crippen molar-refractivity contribution in [2.24, 2.45) is 0 Å². The van der Waals surface area contributed by atoms with Crippen LogP contribution in [-0.4, -0.2) is 14.3 Å². The van der Waals surface area contributed by atoms with Crippen LogP contribution in [0, 0.1) is 0 Å². The van der Waals surface area contributed by atoms with Gasteiger partial charge in [-0.3, -0.25) is 9.52 Å². The van der Waals surface area contributed by atoms with Gasteiger partial charge in [0, 0.05) is 11.3 Å². The second-order valence-corrected chi connectivity index (χ2v) is 8.21. The predicted octanol–water partition coefficient (Wildman–Crippen LogP) is 4.96. The van der Waals surface area contributed by atoms with E-state index in [2.05, 4.69) is 17.0 Å². The zero-order chi connectivity index (χ0) is 20.1. The third-order valence-electron chi connectivity index (χ3n) is 4.15. The maximum absolute atomic E-state index is 12.4. The summed E-state index contributed by atoms with van der Waals surface area (Å²) in [6, 6.07) is 20.0. The van der Waals surface area contributed by atoms with Gasteiger partial charge in [-0.15, -0.1) is 0 Å². The van der Waals surface area contributed by atoms with Gasteiger partial charge in [0.2, 0.25) is 0 Å². The van der Waals surface area contributed by atoms with Gasteiger partial charge in [0.25, 0.3) is 15.9 Å². The van der Waals surface area contributed by atoms with Crippen molar-refractivity contribution in [1.29, 1.82) is 0 Å². The summed E-state index contributed by atoms with van der Waals surface area (Å²) in [5.74, 6) is -0.330. The molecule has 144 valence electrons. The summed E-state index contributed by atoms with van der Waals surface area (Å²) >= 11 is 6.20. The molecule has 28 heavy (non-hydrogen) atoms. The number of carbonyl (C=O) groups is 1. The Morgan fingerprint density at radius 3 is 2.25 bits per heavy atom. The minimum absolute atomic E-state index is 0.128. The molecule has 0 saturated heterocycles. The number of amides is 1. The van der Waals surface area contributed by atoms with Crippen molar-refractivity contribution in [3.8, 4) is 0 Å². The average Bonchev–Trinajstić information content (AvgIpc) is 2.70. The number of nitrogens with one attached hydrogen (secondary N) is 2. The van der Waals surface area contributed by atoms with Gasteiger partial charge in [-0.2, -0.15) is 0 Å². The van der Waals surface area contributed by atoms with Gasteiger partial charge in [0.1, 0.15) is 0 Å². The fourth-order valence-corrected chi connectivity index (χ4v) is 3.95. The SMILES string of the molecule is CCc1ccc(NC(=O)c2ccc(NS(=O)(=O)c3ccccc3)c(Cl)c2)cc1. The normalized spacial score (nSPS) is 11.1. The Kier molecular flexibility index (Phi) is 6.02. The molecule has 5 nitrogen and oxygen atoms in total. The lowest BCUT2D eigenvalue weighted by atomic mass is 10.1. The molecule has 0 spiro atoms. The summed E-state index contributed by atoms with van der Waals surface area (Å²) in [6.45, 7) is 2.06. The van der Waals surface area contributed by atoms with E-state index in [1.807, 2.05) is 24.3 Å². The van der Waals surface area contributed by atoms with Crippen LogP contribution in [0.3, 0.4) is 0 Å². The summed E-state index contributed by atoms with van der Waals surface area (Å²) in [6.07, 6.45) is 0.921. The minimum atomic E-state index is -3.76. The quantitative estimate of drug-likeness (QED) is 0.598. The number of hydrogen-bond acceptors (Lipinski definition) is 3. The summed E-state index contributed by atoms with van der Waals surface area (Å²) in [5, 5.41) is 2.93. The van der Waals surface area contributed by atoms with Crippen LogP contribution < -0.4 is 10.0 Å². The van der Waals surface area contributed by atoms with E-state index in [-0.39, 0.29) is 21.5 Å². The highest BCUT2D eigenvalue weighted by Crippen LogP contribution is 2.26. The smallest absolute Gasteiger partial charge is 0.261 e. The van der Waals surface area contributed by atoms with Crippen LogP contribution in [0.15, 0.2) is 77.7 Å². The maximum Gasteiger partial charge on any atom is 0.261 e. The Labute approximate surface area is 169 Å². The predicted molar refractivity (Wildman–Crippen MR) is 112 cm³/mol. The Morgan fingerprint density at radius 2 is 1.64 bits per heavy atom. The molecular weight excluding hydrogens is 396 g/mol. The van der Waals surface area contributed by atoms with Crippen molar-refractivity contribution in [1.82, 2.24) is 0 Å². The fraction of sp³-hybridized carbons (Fsp3) is 0.0952. The number of sulfonamides is 1. The second-order valence-electron chi connectivity index (χ2n) is 6.12. The highest BCUT2D eigenvalue weighted by Gasteiger charge is 2.16. The van der Waals surface area contributed by atoms with Crippen LogP contribution in [0.1, 0.15) is 22.8 Å². The molecule has 3 rings (SSSR count). The van der Waals surface area contributed by atoms with Gasteiger partial charge in [-0.25, -0.2) is 8.42 Å². The van der Waals surface area contributed by atoms with Crippen LogP contribution in [0.25, 0.3) is 0 Å². The molecule has 1 amide bonds. The minimum Gasteiger partial charge on any atom is -0.322 e. The maximum atomic E-state index is 12.4. The van der Waals surface area contributed by atoms with Crippen molar-refractivity contribution in [2.45, 2.75) is 18.2 Å². The molecule has 0 fully saturated rings. The number of halogens is 1. The van der Waals surface area contributed by atoms with Crippen LogP contribution >= 0.6 is 11.6 Å². The molecule has 0 atom stereocenters. The first-order valence-electron chi connectivity index (χ1n) is 8.67. The number of carbonyl (C=O) groups excluding carboxylic acids is 1. The van der Waals surface area contributed by atoms with E-state index in [0.717, 1.165) is 6.42 Å². The fourth-order valence-electron chi connectivity index (χ4n) is 2.57. The second kappa shape index (κ2) is 8.46. The Bertz CT molecular complexity index is 1080. The topological polar surface area (TPSA) is 75.3 Å². The molecule has 0 bridgehead atoms. The number of anilines is 2. The molecule has 0 aliphatic rings. The Morgan fingerprint density at radius 1 is 0.964 bits per heavy atom. The van der Waals surface area contributed by atoms with E-state index < -0.39 is 10.0 Å². The Hall–Kier alpha value is -2.83. The van der Waals surface area contributed by atoms with E-state index in [1.54, 1.807) is 18.2 Å². The third kappa shape index (κ3) is 4.71. The van der Waals surface area contributed by atoms with E-state index in [4.69, 9.17) is 11.6 Å². The number of hydrogen-bond donors (Lipinski definition) is 2. The van der Waals surface area contributed by atoms with Crippen molar-refractivity contribution < 1.29 is 13.2 Å². The van der Waals surface area contributed by atoms with Crippen molar-refractivity contribution in [3.63, 3.8) is 0 Å². The monoisotopic (exact) mass is 414 g/mol. The van der Waals surface area contributed by atoms with E-state index >= 15 is 0 Å². The first-order valence-corrected chi connectivity index (χ1v) is 10.5. The van der Waals surface area contributed by atoms with Crippen LogP contribution in [-0.2, 0) is 16.4 Å². The van der Waals surface area contributed by atoms with Gasteiger partial charge < -0.3 is 5.32 Å². The highest BCUT2D eigenvalue weighted by molar-refractivity contribution is 7.92. The van der Waals surface area contributed by atoms with Gasteiger partial charge in [-0.1, -0.05) is 48.9 Å². The molecule has 2 N–H and O–H groups in total. The van der Waals surface area contributed by atoms with Crippen molar-refractivity contribution in [2.75, 3.05) is 10.0 Å². The molecule has 0 aliphatic carbocycles. The molecule has 0 radical (unpaired) electrons. The first kappa shape index (κ1) is 19.9. The largest absolute Gasteiger partial charge is 0.322 e. The van der Waals surface area contributed by atoms with E-state index in [1.165, 1.54) is 35.9 Å². The van der Waals surface area contributed by atoms with Gasteiger partial charge >= 0.3 is 0 Å². The summed E-state index contributed by atoms with van der Waals surface area (Å²) in [4.78, 5) is 12.6. The van der Waals surface area contributed by atoms with Crippen LogP contribution in [0.2, 0.25) is 5.02 Å². The van der Waals surface area contributed by atoms with Crippen LogP contribution in [0.5, 0.6) is 0 Å². The standard InChI is InChI=1S/C21H19ClN2O3S/c1-2-15-8-11-17(12-9-15)23-21(25)16-10-13-20(19(22)14-16)24-28(26,27)18-6-4-3-5-7-18/h3-14,24H,2H2,1H3,(H,23,25). The molecule has 7 heteroatoms. The lowest BCUT2D eigenvalue weighted by molar-refractivity contribution is 0.102. The summed E-state index contributed by atoms with van der Waals surface area (Å²) in [5.41, 5.74) is 2.38. The molecule has 0 aliphatic heterocycles. The van der Waals surface area contributed by atoms with Gasteiger partial charge in [-0.05, 0) is 54.4 Å². The number of rotatable bonds is 6. The molecule has 0 aromatic heterocycles. The molecular formula is C21H19ClN2O3S. The van der Waals surface area contributed by atoms with E-state index in [9.17, 15) is 13.2 Å². The lowest BCUT2D eigenvalue weighted by Crippen LogP contribution is -2.14.